The van der Waals surface area contributed by atoms with E-state index in [-0.39, 0.29) is 5.91 Å². The summed E-state index contributed by atoms with van der Waals surface area (Å²) in [4.78, 5) is 13.4. The Morgan fingerprint density at radius 1 is 1.44 bits per heavy atom. The molecule has 1 fully saturated rings. The average Bonchev–Trinajstić information content (AvgIpc) is 3.07. The molecule has 4 heteroatoms. The molecule has 0 spiro atoms. The standard InChI is InChI=1S/C14H22N2OS/c1-3-4-5-6-11-9(2)12(13(15)18-11)14(17)16-10-7-8-10/h10H,3-8,15H2,1-2H3,(H,16,17). The van der Waals surface area contributed by atoms with Crippen molar-refractivity contribution in [3.05, 3.63) is 16.0 Å². The molecule has 1 aromatic rings. The van der Waals surface area contributed by atoms with E-state index in [9.17, 15) is 4.79 Å². The number of thiophene rings is 1. The number of hydrogen-bond donors (Lipinski definition) is 2. The van der Waals surface area contributed by atoms with Gasteiger partial charge in [0, 0.05) is 10.9 Å². The van der Waals surface area contributed by atoms with E-state index in [0.29, 0.717) is 11.0 Å². The van der Waals surface area contributed by atoms with Gasteiger partial charge in [-0.15, -0.1) is 11.3 Å². The van der Waals surface area contributed by atoms with Crippen molar-refractivity contribution < 1.29 is 4.79 Å². The summed E-state index contributed by atoms with van der Waals surface area (Å²) in [6, 6.07) is 0.389. The van der Waals surface area contributed by atoms with Gasteiger partial charge in [0.15, 0.2) is 0 Å². The lowest BCUT2D eigenvalue weighted by Crippen LogP contribution is -2.26. The molecule has 1 heterocycles. The summed E-state index contributed by atoms with van der Waals surface area (Å²) in [5.41, 5.74) is 7.81. The Bertz CT molecular complexity index is 435. The fraction of sp³-hybridized carbons (Fsp3) is 0.643. The third-order valence-electron chi connectivity index (χ3n) is 3.42. The van der Waals surface area contributed by atoms with Gasteiger partial charge in [-0.1, -0.05) is 19.8 Å². The van der Waals surface area contributed by atoms with Gasteiger partial charge in [-0.3, -0.25) is 4.79 Å². The number of nitrogen functional groups attached to an aromatic ring is 1. The van der Waals surface area contributed by atoms with Gasteiger partial charge in [0.25, 0.3) is 5.91 Å². The van der Waals surface area contributed by atoms with Crippen LogP contribution in [0.25, 0.3) is 0 Å². The summed E-state index contributed by atoms with van der Waals surface area (Å²) < 4.78 is 0. The molecule has 1 aliphatic carbocycles. The molecule has 18 heavy (non-hydrogen) atoms. The van der Waals surface area contributed by atoms with Crippen LogP contribution in [0.4, 0.5) is 5.00 Å². The summed E-state index contributed by atoms with van der Waals surface area (Å²) in [5, 5.41) is 3.70. The largest absolute Gasteiger partial charge is 0.390 e. The molecular formula is C14H22N2OS. The monoisotopic (exact) mass is 266 g/mol. The van der Waals surface area contributed by atoms with Crippen molar-refractivity contribution in [2.75, 3.05) is 5.73 Å². The second-order valence-corrected chi connectivity index (χ2v) is 6.23. The molecule has 1 aromatic heterocycles. The lowest BCUT2D eigenvalue weighted by molar-refractivity contribution is 0.0951. The number of nitrogens with one attached hydrogen (secondary N) is 1. The average molecular weight is 266 g/mol. The normalized spacial score (nSPS) is 14.8. The summed E-state index contributed by atoms with van der Waals surface area (Å²) >= 11 is 1.58. The molecule has 1 amide bonds. The number of carbonyl (C=O) groups excluding carboxylic acids is 1. The van der Waals surface area contributed by atoms with Gasteiger partial charge in [0.05, 0.1) is 10.6 Å². The Hall–Kier alpha value is -1.03. The SMILES string of the molecule is CCCCCc1sc(N)c(C(=O)NC2CC2)c1C. The van der Waals surface area contributed by atoms with Gasteiger partial charge in [0.1, 0.15) is 0 Å². The predicted molar refractivity (Wildman–Crippen MR) is 77.2 cm³/mol. The second kappa shape index (κ2) is 5.74. The molecule has 100 valence electrons. The van der Waals surface area contributed by atoms with E-state index >= 15 is 0 Å². The summed E-state index contributed by atoms with van der Waals surface area (Å²) in [7, 11) is 0. The fourth-order valence-corrected chi connectivity index (χ4v) is 3.24. The Balaban J connectivity index is 2.07. The molecule has 3 N–H and O–H groups in total. The zero-order valence-electron chi connectivity index (χ0n) is 11.2. The van der Waals surface area contributed by atoms with E-state index in [1.165, 1.54) is 24.1 Å². The maximum atomic E-state index is 12.1. The highest BCUT2D eigenvalue weighted by Gasteiger charge is 2.26. The van der Waals surface area contributed by atoms with Crippen LogP contribution in [0.1, 0.15) is 59.8 Å². The van der Waals surface area contributed by atoms with Gasteiger partial charge in [-0.2, -0.15) is 0 Å². The van der Waals surface area contributed by atoms with Crippen LogP contribution in [-0.2, 0) is 6.42 Å². The highest BCUT2D eigenvalue weighted by atomic mass is 32.1. The molecule has 0 aliphatic heterocycles. The Labute approximate surface area is 113 Å². The number of anilines is 1. The molecule has 2 rings (SSSR count). The van der Waals surface area contributed by atoms with Crippen molar-refractivity contribution in [1.29, 1.82) is 0 Å². The van der Waals surface area contributed by atoms with Gasteiger partial charge < -0.3 is 11.1 Å². The minimum Gasteiger partial charge on any atom is -0.390 e. The first-order chi connectivity index (χ1) is 8.63. The van der Waals surface area contributed by atoms with E-state index in [0.717, 1.165) is 30.4 Å². The summed E-state index contributed by atoms with van der Waals surface area (Å²) in [5.74, 6) is 0.0190. The third kappa shape index (κ3) is 3.05. The van der Waals surface area contributed by atoms with Gasteiger partial charge >= 0.3 is 0 Å². The number of aryl methyl sites for hydroxylation is 1. The lowest BCUT2D eigenvalue weighted by atomic mass is 10.1. The highest BCUT2D eigenvalue weighted by molar-refractivity contribution is 7.16. The first-order valence-electron chi connectivity index (χ1n) is 6.82. The van der Waals surface area contributed by atoms with Crippen LogP contribution in [0.3, 0.4) is 0 Å². The molecule has 0 aromatic carbocycles. The number of hydrogen-bond acceptors (Lipinski definition) is 3. The van der Waals surface area contributed by atoms with Crippen molar-refractivity contribution in [3.8, 4) is 0 Å². The van der Waals surface area contributed by atoms with Gasteiger partial charge in [-0.05, 0) is 38.2 Å². The fourth-order valence-electron chi connectivity index (χ4n) is 2.13. The number of rotatable bonds is 6. The van der Waals surface area contributed by atoms with Crippen molar-refractivity contribution in [3.63, 3.8) is 0 Å². The highest BCUT2D eigenvalue weighted by Crippen LogP contribution is 2.32. The van der Waals surface area contributed by atoms with Gasteiger partial charge in [0.2, 0.25) is 0 Å². The van der Waals surface area contributed by atoms with Gasteiger partial charge in [-0.25, -0.2) is 0 Å². The number of amides is 1. The molecule has 0 bridgehead atoms. The Morgan fingerprint density at radius 3 is 2.78 bits per heavy atom. The molecule has 0 radical (unpaired) electrons. The minimum atomic E-state index is 0.0190. The van der Waals surface area contributed by atoms with E-state index < -0.39 is 0 Å². The first-order valence-corrected chi connectivity index (χ1v) is 7.63. The molecule has 3 nitrogen and oxygen atoms in total. The molecule has 0 unspecified atom stereocenters. The van der Waals surface area contributed by atoms with Crippen LogP contribution < -0.4 is 11.1 Å². The Morgan fingerprint density at radius 2 is 2.17 bits per heavy atom. The molecule has 0 saturated heterocycles. The third-order valence-corrected chi connectivity index (χ3v) is 4.60. The first kappa shape index (κ1) is 13.4. The van der Waals surface area contributed by atoms with Crippen LogP contribution in [0.15, 0.2) is 0 Å². The maximum Gasteiger partial charge on any atom is 0.254 e. The van der Waals surface area contributed by atoms with E-state index in [1.54, 1.807) is 11.3 Å². The Kier molecular flexibility index (Phi) is 4.27. The lowest BCUT2D eigenvalue weighted by Gasteiger charge is -2.04. The number of unbranched alkanes of at least 4 members (excludes halogenated alkanes) is 2. The van der Waals surface area contributed by atoms with E-state index in [4.69, 9.17) is 5.73 Å². The predicted octanol–water partition coefficient (Wildman–Crippen LogP) is 3.26. The van der Waals surface area contributed by atoms with Crippen molar-refractivity contribution >= 4 is 22.2 Å². The molecule has 1 aliphatic rings. The van der Waals surface area contributed by atoms with E-state index in [1.807, 2.05) is 6.92 Å². The maximum absolute atomic E-state index is 12.1. The van der Waals surface area contributed by atoms with Crippen LogP contribution in [0.2, 0.25) is 0 Å². The molecule has 0 atom stereocenters. The van der Waals surface area contributed by atoms with Crippen molar-refractivity contribution in [2.45, 2.75) is 58.4 Å². The number of carbonyl (C=O) groups is 1. The second-order valence-electron chi connectivity index (χ2n) is 5.09. The molecule has 1 saturated carbocycles. The minimum absolute atomic E-state index is 0.0190. The van der Waals surface area contributed by atoms with E-state index in [2.05, 4.69) is 12.2 Å². The molecular weight excluding hydrogens is 244 g/mol. The zero-order valence-corrected chi connectivity index (χ0v) is 12.0. The van der Waals surface area contributed by atoms with Crippen molar-refractivity contribution in [2.24, 2.45) is 0 Å². The van der Waals surface area contributed by atoms with Crippen LogP contribution >= 0.6 is 11.3 Å². The quantitative estimate of drug-likeness (QED) is 0.776. The topological polar surface area (TPSA) is 55.1 Å². The number of nitrogens with two attached hydrogens (primary N) is 1. The smallest absolute Gasteiger partial charge is 0.254 e. The van der Waals surface area contributed by atoms with Crippen LogP contribution in [0.5, 0.6) is 0 Å². The summed E-state index contributed by atoms with van der Waals surface area (Å²) in [6.07, 6.45) is 6.90. The summed E-state index contributed by atoms with van der Waals surface area (Å²) in [6.45, 7) is 4.22. The zero-order chi connectivity index (χ0) is 13.1. The van der Waals surface area contributed by atoms with Crippen molar-refractivity contribution in [1.82, 2.24) is 5.32 Å². The van der Waals surface area contributed by atoms with Crippen LogP contribution in [0, 0.1) is 6.92 Å². The van der Waals surface area contributed by atoms with Crippen LogP contribution in [-0.4, -0.2) is 11.9 Å².